The highest BCUT2D eigenvalue weighted by Crippen LogP contribution is 2.33. The highest BCUT2D eigenvalue weighted by atomic mass is 32.2. The molecule has 10 heteroatoms. The van der Waals surface area contributed by atoms with Gasteiger partial charge in [-0.25, -0.2) is 9.38 Å². The molecule has 0 bridgehead atoms. The predicted octanol–water partition coefficient (Wildman–Crippen LogP) is 5.44. The lowest BCUT2D eigenvalue weighted by Crippen LogP contribution is -2.35. The fourth-order valence-corrected chi connectivity index (χ4v) is 5.21. The number of nitrogens with one attached hydrogen (secondary N) is 1. The van der Waals surface area contributed by atoms with Crippen molar-refractivity contribution in [1.29, 1.82) is 0 Å². The first-order chi connectivity index (χ1) is 18.9. The third kappa shape index (κ3) is 7.08. The van der Waals surface area contributed by atoms with E-state index in [4.69, 9.17) is 14.2 Å². The summed E-state index contributed by atoms with van der Waals surface area (Å²) < 4.78 is 30.5. The number of carbonyl (C=O) groups excluding carboxylic acids is 2. The van der Waals surface area contributed by atoms with Crippen molar-refractivity contribution in [3.63, 3.8) is 0 Å². The number of carbonyl (C=O) groups is 2. The van der Waals surface area contributed by atoms with E-state index >= 15 is 0 Å². The van der Waals surface area contributed by atoms with E-state index in [1.165, 1.54) is 11.0 Å². The van der Waals surface area contributed by atoms with Gasteiger partial charge in [-0.3, -0.25) is 14.5 Å². The summed E-state index contributed by atoms with van der Waals surface area (Å²) in [5.41, 5.74) is 1.65. The van der Waals surface area contributed by atoms with Gasteiger partial charge in [0.2, 0.25) is 11.8 Å². The van der Waals surface area contributed by atoms with Gasteiger partial charge in [-0.15, -0.1) is 0 Å². The molecule has 1 saturated heterocycles. The summed E-state index contributed by atoms with van der Waals surface area (Å²) in [4.78, 5) is 32.2. The second-order valence-electron chi connectivity index (χ2n) is 8.59. The Morgan fingerprint density at radius 1 is 1.05 bits per heavy atom. The Hall–Kier alpha value is -4.05. The lowest BCUT2D eigenvalue weighted by Gasteiger charge is -2.17. The van der Waals surface area contributed by atoms with Crippen molar-refractivity contribution in [3.8, 4) is 17.2 Å². The Bertz CT molecular complexity index is 1350. The van der Waals surface area contributed by atoms with Crippen molar-refractivity contribution in [2.75, 3.05) is 32.7 Å². The van der Waals surface area contributed by atoms with Gasteiger partial charge in [-0.1, -0.05) is 30.0 Å². The summed E-state index contributed by atoms with van der Waals surface area (Å²) in [5, 5.41) is 2.48. The number of anilines is 1. The van der Waals surface area contributed by atoms with Gasteiger partial charge in [0.05, 0.1) is 20.8 Å². The molecule has 0 radical (unpaired) electrons. The molecule has 1 aliphatic heterocycles. The first kappa shape index (κ1) is 28.0. The van der Waals surface area contributed by atoms with Gasteiger partial charge in [0.25, 0.3) is 0 Å². The number of thioether (sulfide) groups is 1. The SMILES string of the molecule is CCOc1ccc(NC(=O)C[C@H]2SC(=Nc3ccccc3F)N(CCc3ccc(OC)c(OC)c3)C2=O)cc1. The lowest BCUT2D eigenvalue weighted by atomic mass is 10.1. The summed E-state index contributed by atoms with van der Waals surface area (Å²) >= 11 is 1.16. The van der Waals surface area contributed by atoms with Crippen LogP contribution >= 0.6 is 11.8 Å². The summed E-state index contributed by atoms with van der Waals surface area (Å²) in [6.45, 7) is 2.74. The maximum Gasteiger partial charge on any atom is 0.242 e. The predicted molar refractivity (Wildman–Crippen MR) is 151 cm³/mol. The number of nitrogens with zero attached hydrogens (tertiary/aromatic N) is 2. The Labute approximate surface area is 231 Å². The molecule has 1 N–H and O–H groups in total. The summed E-state index contributed by atoms with van der Waals surface area (Å²) in [6, 6.07) is 18.7. The molecule has 0 saturated carbocycles. The molecule has 1 fully saturated rings. The first-order valence-electron chi connectivity index (χ1n) is 12.5. The highest BCUT2D eigenvalue weighted by molar-refractivity contribution is 8.15. The van der Waals surface area contributed by atoms with Crippen molar-refractivity contribution in [3.05, 3.63) is 78.1 Å². The van der Waals surface area contributed by atoms with Gasteiger partial charge in [0.15, 0.2) is 16.7 Å². The molecular formula is C29H30FN3O5S. The maximum atomic E-state index is 14.4. The van der Waals surface area contributed by atoms with E-state index in [9.17, 15) is 14.0 Å². The van der Waals surface area contributed by atoms with E-state index < -0.39 is 11.1 Å². The molecule has 0 aromatic heterocycles. The minimum Gasteiger partial charge on any atom is -0.494 e. The largest absolute Gasteiger partial charge is 0.494 e. The van der Waals surface area contributed by atoms with Crippen molar-refractivity contribution >= 4 is 40.1 Å². The number of hydrogen-bond donors (Lipinski definition) is 1. The van der Waals surface area contributed by atoms with E-state index in [2.05, 4.69) is 10.3 Å². The molecule has 1 heterocycles. The van der Waals surface area contributed by atoms with Gasteiger partial charge >= 0.3 is 0 Å². The van der Waals surface area contributed by atoms with Crippen LogP contribution in [0.1, 0.15) is 18.9 Å². The van der Waals surface area contributed by atoms with Gasteiger partial charge in [0, 0.05) is 18.7 Å². The minimum absolute atomic E-state index is 0.0557. The molecular weight excluding hydrogens is 521 g/mol. The molecule has 3 aromatic rings. The third-order valence-corrected chi connectivity index (χ3v) is 7.16. The number of ether oxygens (including phenoxy) is 3. The van der Waals surface area contributed by atoms with E-state index in [1.807, 2.05) is 19.1 Å². The molecule has 3 aromatic carbocycles. The molecule has 0 spiro atoms. The Morgan fingerprint density at radius 3 is 2.49 bits per heavy atom. The normalized spacial score (nSPS) is 15.9. The second-order valence-corrected chi connectivity index (χ2v) is 9.76. The highest BCUT2D eigenvalue weighted by Gasteiger charge is 2.39. The van der Waals surface area contributed by atoms with Crippen LogP contribution in [0.3, 0.4) is 0 Å². The number of methoxy groups -OCH3 is 2. The number of amidine groups is 1. The quantitative estimate of drug-likeness (QED) is 0.341. The van der Waals surface area contributed by atoms with Crippen molar-refractivity contribution in [2.24, 2.45) is 4.99 Å². The molecule has 2 amide bonds. The maximum absolute atomic E-state index is 14.4. The number of halogens is 1. The van der Waals surface area contributed by atoms with Crippen LogP contribution in [0.5, 0.6) is 17.2 Å². The Kier molecular flexibility index (Phi) is 9.43. The van der Waals surface area contributed by atoms with E-state index in [-0.39, 0.29) is 23.9 Å². The zero-order valence-corrected chi connectivity index (χ0v) is 22.8. The van der Waals surface area contributed by atoms with E-state index in [0.717, 1.165) is 17.3 Å². The average molecular weight is 552 g/mol. The molecule has 4 rings (SSSR count). The van der Waals surface area contributed by atoms with E-state index in [0.29, 0.717) is 47.7 Å². The zero-order chi connectivity index (χ0) is 27.8. The lowest BCUT2D eigenvalue weighted by molar-refractivity contribution is -0.128. The summed E-state index contributed by atoms with van der Waals surface area (Å²) in [6.07, 6.45) is 0.438. The van der Waals surface area contributed by atoms with Gasteiger partial charge in [-0.05, 0) is 67.4 Å². The molecule has 1 aliphatic rings. The number of amides is 2. The average Bonchev–Trinajstić information content (AvgIpc) is 3.22. The van der Waals surface area contributed by atoms with Crippen LogP contribution in [-0.2, 0) is 16.0 Å². The van der Waals surface area contributed by atoms with Crippen molar-refractivity contribution < 1.29 is 28.2 Å². The number of benzene rings is 3. The van der Waals surface area contributed by atoms with Crippen molar-refractivity contribution in [1.82, 2.24) is 4.90 Å². The standard InChI is InChI=1S/C29H30FN3O5S/c1-4-38-21-12-10-20(11-13-21)31-27(34)18-26-28(35)33(29(39-26)32-23-8-6-5-7-22(23)30)16-15-19-9-14-24(36-2)25(17-19)37-3/h5-14,17,26H,4,15-16,18H2,1-3H3,(H,31,34)/t26-/m1/s1. The molecule has 1 atom stereocenters. The third-order valence-electron chi connectivity index (χ3n) is 5.98. The molecule has 39 heavy (non-hydrogen) atoms. The number of para-hydroxylation sites is 1. The summed E-state index contributed by atoms with van der Waals surface area (Å²) in [7, 11) is 3.12. The number of rotatable bonds is 11. The van der Waals surface area contributed by atoms with Crippen LogP contribution in [0.15, 0.2) is 71.7 Å². The minimum atomic E-state index is -0.691. The Morgan fingerprint density at radius 2 is 1.79 bits per heavy atom. The van der Waals surface area contributed by atoms with Crippen molar-refractivity contribution in [2.45, 2.75) is 25.0 Å². The fraction of sp³-hybridized carbons (Fsp3) is 0.276. The summed E-state index contributed by atoms with van der Waals surface area (Å²) in [5.74, 6) is 0.843. The molecule has 0 aliphatic carbocycles. The Balaban J connectivity index is 1.50. The van der Waals surface area contributed by atoms with Gasteiger partial charge < -0.3 is 19.5 Å². The molecule has 0 unspecified atom stereocenters. The first-order valence-corrected chi connectivity index (χ1v) is 13.3. The smallest absolute Gasteiger partial charge is 0.242 e. The van der Waals surface area contributed by atoms with Gasteiger partial charge in [-0.2, -0.15) is 0 Å². The monoisotopic (exact) mass is 551 g/mol. The zero-order valence-electron chi connectivity index (χ0n) is 22.0. The van der Waals surface area contributed by atoms with Crippen LogP contribution in [-0.4, -0.2) is 54.5 Å². The van der Waals surface area contributed by atoms with E-state index in [1.54, 1.807) is 62.8 Å². The number of hydrogen-bond acceptors (Lipinski definition) is 7. The second kappa shape index (κ2) is 13.1. The number of aliphatic imine (C=N–C) groups is 1. The topological polar surface area (TPSA) is 89.5 Å². The van der Waals surface area contributed by atoms with Crippen LogP contribution in [0.2, 0.25) is 0 Å². The van der Waals surface area contributed by atoms with Crippen LogP contribution in [0, 0.1) is 5.82 Å². The van der Waals surface area contributed by atoms with Crippen LogP contribution < -0.4 is 19.5 Å². The van der Waals surface area contributed by atoms with Crippen LogP contribution in [0.4, 0.5) is 15.8 Å². The van der Waals surface area contributed by atoms with Crippen LogP contribution in [0.25, 0.3) is 0 Å². The fourth-order valence-electron chi connectivity index (χ4n) is 4.03. The molecule has 8 nitrogen and oxygen atoms in total. The van der Waals surface area contributed by atoms with Gasteiger partial charge in [0.1, 0.15) is 22.5 Å². The molecule has 204 valence electrons.